The lowest BCUT2D eigenvalue weighted by atomic mass is 9.83. The first-order chi connectivity index (χ1) is 10.2. The first-order valence-electron chi connectivity index (χ1n) is 8.14. The largest absolute Gasteiger partial charge is 0.323 e. The predicted molar refractivity (Wildman–Crippen MR) is 89.5 cm³/mol. The third-order valence-electron chi connectivity index (χ3n) is 5.08. The molecule has 2 aromatic rings. The van der Waals surface area contributed by atoms with Crippen molar-refractivity contribution in [3.05, 3.63) is 70.8 Å². The number of rotatable bonds is 5. The summed E-state index contributed by atoms with van der Waals surface area (Å²) in [7, 11) is 0. The van der Waals surface area contributed by atoms with Crippen LogP contribution in [0.25, 0.3) is 0 Å². The van der Waals surface area contributed by atoms with E-state index in [4.69, 9.17) is 5.73 Å². The zero-order valence-corrected chi connectivity index (χ0v) is 13.1. The van der Waals surface area contributed by atoms with Crippen LogP contribution in [-0.4, -0.2) is 0 Å². The third-order valence-corrected chi connectivity index (χ3v) is 5.08. The van der Waals surface area contributed by atoms with Crippen molar-refractivity contribution in [2.75, 3.05) is 0 Å². The minimum Gasteiger partial charge on any atom is -0.323 e. The third kappa shape index (κ3) is 2.51. The highest BCUT2D eigenvalue weighted by Crippen LogP contribution is 2.55. The Bertz CT molecular complexity index is 611. The summed E-state index contributed by atoms with van der Waals surface area (Å²) in [6.45, 7) is 4.45. The molecule has 1 saturated carbocycles. The summed E-state index contributed by atoms with van der Waals surface area (Å²) in [6, 6.07) is 17.8. The van der Waals surface area contributed by atoms with Gasteiger partial charge >= 0.3 is 0 Å². The molecule has 1 atom stereocenters. The highest BCUT2D eigenvalue weighted by molar-refractivity contribution is 5.41. The summed E-state index contributed by atoms with van der Waals surface area (Å²) in [4.78, 5) is 0. The van der Waals surface area contributed by atoms with Gasteiger partial charge in [0, 0.05) is 11.5 Å². The predicted octanol–water partition coefficient (Wildman–Crippen LogP) is 4.54. The Kier molecular flexibility index (Phi) is 3.86. The molecule has 1 aliphatic carbocycles. The molecule has 0 heterocycles. The molecule has 1 heteroatoms. The van der Waals surface area contributed by atoms with Crippen molar-refractivity contribution in [2.24, 2.45) is 5.73 Å². The monoisotopic (exact) mass is 279 g/mol. The van der Waals surface area contributed by atoms with Crippen molar-refractivity contribution in [1.82, 2.24) is 0 Å². The molecule has 0 radical (unpaired) electrons. The van der Waals surface area contributed by atoms with Crippen LogP contribution in [0.15, 0.2) is 48.5 Å². The molecule has 1 aliphatic rings. The van der Waals surface area contributed by atoms with E-state index in [-0.39, 0.29) is 11.5 Å². The minimum absolute atomic E-state index is 0.108. The molecule has 0 bridgehead atoms. The van der Waals surface area contributed by atoms with E-state index in [1.165, 1.54) is 35.1 Å². The highest BCUT2D eigenvalue weighted by atomic mass is 14.7. The smallest absolute Gasteiger partial charge is 0.0393 e. The highest BCUT2D eigenvalue weighted by Gasteiger charge is 2.49. The summed E-state index contributed by atoms with van der Waals surface area (Å²) < 4.78 is 0. The SMILES string of the molecule is CCc1ccc(C(N)C2(c3ccccc3)CC2)cc1CC. The number of hydrogen-bond donors (Lipinski definition) is 1. The Labute approximate surface area is 128 Å². The average molecular weight is 279 g/mol. The Balaban J connectivity index is 1.94. The van der Waals surface area contributed by atoms with Crippen LogP contribution in [-0.2, 0) is 18.3 Å². The van der Waals surface area contributed by atoms with Gasteiger partial charge in [-0.2, -0.15) is 0 Å². The Morgan fingerprint density at radius 3 is 2.19 bits per heavy atom. The van der Waals surface area contributed by atoms with Crippen molar-refractivity contribution in [2.45, 2.75) is 51.0 Å². The molecule has 1 fully saturated rings. The van der Waals surface area contributed by atoms with Crippen molar-refractivity contribution in [3.8, 4) is 0 Å². The van der Waals surface area contributed by atoms with Crippen LogP contribution < -0.4 is 5.73 Å². The van der Waals surface area contributed by atoms with Gasteiger partial charge in [0.1, 0.15) is 0 Å². The van der Waals surface area contributed by atoms with Crippen LogP contribution in [0.4, 0.5) is 0 Å². The lowest BCUT2D eigenvalue weighted by molar-refractivity contribution is 0.541. The molecule has 0 amide bonds. The molecule has 0 spiro atoms. The van der Waals surface area contributed by atoms with E-state index in [1.807, 2.05) is 0 Å². The number of hydrogen-bond acceptors (Lipinski definition) is 1. The number of nitrogens with two attached hydrogens (primary N) is 1. The second-order valence-corrected chi connectivity index (χ2v) is 6.24. The van der Waals surface area contributed by atoms with Crippen LogP contribution in [0.2, 0.25) is 0 Å². The summed E-state index contributed by atoms with van der Waals surface area (Å²) in [5, 5.41) is 0. The quantitative estimate of drug-likeness (QED) is 0.854. The van der Waals surface area contributed by atoms with Gasteiger partial charge in [-0.15, -0.1) is 0 Å². The van der Waals surface area contributed by atoms with E-state index in [2.05, 4.69) is 62.4 Å². The van der Waals surface area contributed by atoms with Gasteiger partial charge in [0.15, 0.2) is 0 Å². The van der Waals surface area contributed by atoms with E-state index in [0.717, 1.165) is 12.8 Å². The lowest BCUT2D eigenvalue weighted by Crippen LogP contribution is -2.26. The summed E-state index contributed by atoms with van der Waals surface area (Å²) in [5.74, 6) is 0. The standard InChI is InChI=1S/C20H25N/c1-3-15-10-11-17(14-16(15)4-2)19(21)20(12-13-20)18-8-6-5-7-9-18/h5-11,14,19H,3-4,12-13,21H2,1-2H3. The summed E-state index contributed by atoms with van der Waals surface area (Å²) in [6.07, 6.45) is 4.59. The Morgan fingerprint density at radius 1 is 0.952 bits per heavy atom. The minimum atomic E-state index is 0.108. The average Bonchev–Trinajstić information content (AvgIpc) is 3.36. The maximum absolute atomic E-state index is 6.68. The Morgan fingerprint density at radius 2 is 1.62 bits per heavy atom. The molecular formula is C20H25N. The van der Waals surface area contributed by atoms with Gasteiger partial charge in [0.05, 0.1) is 0 Å². The summed E-state index contributed by atoms with van der Waals surface area (Å²) in [5.41, 5.74) is 12.5. The maximum Gasteiger partial charge on any atom is 0.0393 e. The normalized spacial score (nSPS) is 17.5. The van der Waals surface area contributed by atoms with Crippen molar-refractivity contribution >= 4 is 0 Å². The first-order valence-corrected chi connectivity index (χ1v) is 8.14. The molecule has 2 aromatic carbocycles. The van der Waals surface area contributed by atoms with Crippen LogP contribution in [0, 0.1) is 0 Å². The van der Waals surface area contributed by atoms with Crippen molar-refractivity contribution < 1.29 is 0 Å². The van der Waals surface area contributed by atoms with Crippen LogP contribution in [0.1, 0.15) is 55.0 Å². The molecule has 0 aliphatic heterocycles. The van der Waals surface area contributed by atoms with E-state index < -0.39 is 0 Å². The maximum atomic E-state index is 6.68. The van der Waals surface area contributed by atoms with Crippen LogP contribution in [0.5, 0.6) is 0 Å². The Hall–Kier alpha value is -1.60. The van der Waals surface area contributed by atoms with Gasteiger partial charge in [0.25, 0.3) is 0 Å². The second-order valence-electron chi connectivity index (χ2n) is 6.24. The van der Waals surface area contributed by atoms with Gasteiger partial charge in [-0.1, -0.05) is 62.4 Å². The fraction of sp³-hybridized carbons (Fsp3) is 0.400. The van der Waals surface area contributed by atoms with E-state index in [1.54, 1.807) is 0 Å². The molecule has 110 valence electrons. The van der Waals surface area contributed by atoms with Gasteiger partial charge in [-0.05, 0) is 47.9 Å². The fourth-order valence-electron chi connectivity index (χ4n) is 3.52. The van der Waals surface area contributed by atoms with E-state index >= 15 is 0 Å². The molecule has 2 N–H and O–H groups in total. The van der Waals surface area contributed by atoms with Gasteiger partial charge < -0.3 is 5.73 Å². The second kappa shape index (κ2) is 5.65. The molecule has 0 saturated heterocycles. The number of benzene rings is 2. The zero-order chi connectivity index (χ0) is 14.9. The molecule has 1 unspecified atom stereocenters. The fourth-order valence-corrected chi connectivity index (χ4v) is 3.52. The molecule has 0 aromatic heterocycles. The van der Waals surface area contributed by atoms with E-state index in [9.17, 15) is 0 Å². The van der Waals surface area contributed by atoms with Crippen molar-refractivity contribution in [3.63, 3.8) is 0 Å². The molecule has 21 heavy (non-hydrogen) atoms. The van der Waals surface area contributed by atoms with Gasteiger partial charge in [-0.25, -0.2) is 0 Å². The topological polar surface area (TPSA) is 26.0 Å². The lowest BCUT2D eigenvalue weighted by Gasteiger charge is -2.25. The van der Waals surface area contributed by atoms with E-state index in [0.29, 0.717) is 0 Å². The van der Waals surface area contributed by atoms with Crippen molar-refractivity contribution in [1.29, 1.82) is 0 Å². The van der Waals surface area contributed by atoms with Crippen LogP contribution in [0.3, 0.4) is 0 Å². The van der Waals surface area contributed by atoms with Crippen LogP contribution >= 0.6 is 0 Å². The van der Waals surface area contributed by atoms with Gasteiger partial charge in [-0.3, -0.25) is 0 Å². The molecule has 1 nitrogen and oxygen atoms in total. The number of aryl methyl sites for hydroxylation is 2. The molecular weight excluding hydrogens is 254 g/mol. The summed E-state index contributed by atoms with van der Waals surface area (Å²) >= 11 is 0. The molecule has 3 rings (SSSR count). The first kappa shape index (κ1) is 14.3. The zero-order valence-electron chi connectivity index (χ0n) is 13.1. The van der Waals surface area contributed by atoms with Gasteiger partial charge in [0.2, 0.25) is 0 Å².